The topological polar surface area (TPSA) is 83.6 Å². The number of likely N-dealkylation sites (tertiary alicyclic amines) is 1. The Hall–Kier alpha value is -1.10. The first kappa shape index (κ1) is 17.0. The van der Waals surface area contributed by atoms with Gasteiger partial charge in [-0.1, -0.05) is 27.2 Å². The van der Waals surface area contributed by atoms with Crippen molar-refractivity contribution in [3.8, 4) is 0 Å². The number of amides is 1. The van der Waals surface area contributed by atoms with Gasteiger partial charge in [-0.25, -0.2) is 0 Å². The summed E-state index contributed by atoms with van der Waals surface area (Å²) < 4.78 is 0. The Morgan fingerprint density at radius 1 is 1.40 bits per heavy atom. The third-order valence-electron chi connectivity index (χ3n) is 4.11. The Morgan fingerprint density at radius 3 is 2.55 bits per heavy atom. The SMILES string of the molecule is CCCC1(C(=O)O)CCCN(C(=O)C(N)CC(C)C)C1. The van der Waals surface area contributed by atoms with E-state index in [1.165, 1.54) is 0 Å². The van der Waals surface area contributed by atoms with Crippen molar-refractivity contribution in [2.45, 2.75) is 58.9 Å². The number of aliphatic carboxylic acids is 1. The molecule has 0 aromatic carbocycles. The third-order valence-corrected chi connectivity index (χ3v) is 4.11. The Bertz CT molecular complexity index is 353. The molecule has 1 aliphatic heterocycles. The molecule has 1 rings (SSSR count). The second-order valence-electron chi connectivity index (χ2n) is 6.43. The van der Waals surface area contributed by atoms with Crippen LogP contribution in [0.5, 0.6) is 0 Å². The molecule has 116 valence electrons. The van der Waals surface area contributed by atoms with Crippen molar-refractivity contribution in [1.29, 1.82) is 0 Å². The molecule has 2 atom stereocenters. The fraction of sp³-hybridized carbons (Fsp3) is 0.867. The van der Waals surface area contributed by atoms with E-state index < -0.39 is 17.4 Å². The standard InChI is InChI=1S/C15H28N2O3/c1-4-6-15(14(19)20)7-5-8-17(10-15)13(18)12(16)9-11(2)3/h11-12H,4-10,16H2,1-3H3,(H,19,20). The Morgan fingerprint density at radius 2 is 2.05 bits per heavy atom. The molecule has 0 bridgehead atoms. The van der Waals surface area contributed by atoms with E-state index in [0.29, 0.717) is 38.3 Å². The second-order valence-corrected chi connectivity index (χ2v) is 6.43. The van der Waals surface area contributed by atoms with Crippen LogP contribution in [0.25, 0.3) is 0 Å². The molecule has 20 heavy (non-hydrogen) atoms. The summed E-state index contributed by atoms with van der Waals surface area (Å²) in [4.78, 5) is 25.6. The van der Waals surface area contributed by atoms with Gasteiger partial charge < -0.3 is 15.7 Å². The van der Waals surface area contributed by atoms with E-state index in [9.17, 15) is 14.7 Å². The molecular weight excluding hydrogens is 256 g/mol. The van der Waals surface area contributed by atoms with Crippen LogP contribution in [0.2, 0.25) is 0 Å². The molecule has 1 aliphatic rings. The lowest BCUT2D eigenvalue weighted by atomic mass is 9.76. The van der Waals surface area contributed by atoms with Gasteiger partial charge in [-0.15, -0.1) is 0 Å². The van der Waals surface area contributed by atoms with Gasteiger partial charge in [0.2, 0.25) is 5.91 Å². The zero-order chi connectivity index (χ0) is 15.3. The van der Waals surface area contributed by atoms with Crippen molar-refractivity contribution in [1.82, 2.24) is 4.90 Å². The van der Waals surface area contributed by atoms with Crippen molar-refractivity contribution in [3.63, 3.8) is 0 Å². The first-order valence-corrected chi connectivity index (χ1v) is 7.60. The third kappa shape index (κ3) is 3.95. The highest BCUT2D eigenvalue weighted by atomic mass is 16.4. The molecule has 1 amide bonds. The van der Waals surface area contributed by atoms with E-state index in [-0.39, 0.29) is 5.91 Å². The van der Waals surface area contributed by atoms with Gasteiger partial charge in [0.25, 0.3) is 0 Å². The minimum atomic E-state index is -0.783. The van der Waals surface area contributed by atoms with Crippen LogP contribution in [0, 0.1) is 11.3 Å². The van der Waals surface area contributed by atoms with Crippen LogP contribution in [-0.4, -0.2) is 41.0 Å². The Kier molecular flexibility index (Phi) is 5.99. The number of nitrogens with zero attached hydrogens (tertiary/aromatic N) is 1. The van der Waals surface area contributed by atoms with Gasteiger partial charge in [-0.05, 0) is 31.6 Å². The van der Waals surface area contributed by atoms with Crippen molar-refractivity contribution in [2.75, 3.05) is 13.1 Å². The van der Waals surface area contributed by atoms with E-state index in [4.69, 9.17) is 5.73 Å². The molecule has 0 spiro atoms. The molecule has 3 N–H and O–H groups in total. The van der Waals surface area contributed by atoms with Crippen LogP contribution in [0.1, 0.15) is 52.9 Å². The zero-order valence-electron chi connectivity index (χ0n) is 12.9. The molecule has 0 aromatic rings. The summed E-state index contributed by atoms with van der Waals surface area (Å²) >= 11 is 0. The summed E-state index contributed by atoms with van der Waals surface area (Å²) in [6.45, 7) is 6.98. The predicted octanol–water partition coefficient (Wildman–Crippen LogP) is 1.85. The highest BCUT2D eigenvalue weighted by Gasteiger charge is 2.43. The van der Waals surface area contributed by atoms with Gasteiger partial charge in [-0.2, -0.15) is 0 Å². The van der Waals surface area contributed by atoms with Crippen molar-refractivity contribution >= 4 is 11.9 Å². The largest absolute Gasteiger partial charge is 0.481 e. The maximum absolute atomic E-state index is 12.4. The summed E-state index contributed by atoms with van der Waals surface area (Å²) in [5.74, 6) is -0.520. The van der Waals surface area contributed by atoms with Crippen LogP contribution < -0.4 is 5.73 Å². The van der Waals surface area contributed by atoms with E-state index in [2.05, 4.69) is 0 Å². The van der Waals surface area contributed by atoms with Gasteiger partial charge in [-0.3, -0.25) is 9.59 Å². The fourth-order valence-corrected chi connectivity index (χ4v) is 3.13. The van der Waals surface area contributed by atoms with Crippen molar-refractivity contribution < 1.29 is 14.7 Å². The quantitative estimate of drug-likeness (QED) is 0.779. The van der Waals surface area contributed by atoms with E-state index >= 15 is 0 Å². The number of rotatable bonds is 6. The summed E-state index contributed by atoms with van der Waals surface area (Å²) in [6, 6.07) is -0.513. The van der Waals surface area contributed by atoms with E-state index in [1.807, 2.05) is 20.8 Å². The highest BCUT2D eigenvalue weighted by Crippen LogP contribution is 2.35. The van der Waals surface area contributed by atoms with Gasteiger partial charge in [0, 0.05) is 13.1 Å². The van der Waals surface area contributed by atoms with Crippen LogP contribution >= 0.6 is 0 Å². The number of carbonyl (C=O) groups excluding carboxylic acids is 1. The molecule has 5 heteroatoms. The maximum Gasteiger partial charge on any atom is 0.311 e. The fourth-order valence-electron chi connectivity index (χ4n) is 3.13. The molecule has 0 saturated carbocycles. The lowest BCUT2D eigenvalue weighted by molar-refractivity contribution is -0.156. The van der Waals surface area contributed by atoms with Crippen LogP contribution in [0.15, 0.2) is 0 Å². The van der Waals surface area contributed by atoms with Crippen molar-refractivity contribution in [3.05, 3.63) is 0 Å². The molecule has 0 radical (unpaired) electrons. The van der Waals surface area contributed by atoms with Gasteiger partial charge >= 0.3 is 5.97 Å². The average Bonchev–Trinajstić information content (AvgIpc) is 2.37. The number of nitrogens with two attached hydrogens (primary N) is 1. The molecule has 2 unspecified atom stereocenters. The molecule has 0 aromatic heterocycles. The molecule has 1 heterocycles. The highest BCUT2D eigenvalue weighted by molar-refractivity contribution is 5.83. The van der Waals surface area contributed by atoms with Crippen LogP contribution in [-0.2, 0) is 9.59 Å². The van der Waals surface area contributed by atoms with Crippen LogP contribution in [0.3, 0.4) is 0 Å². The van der Waals surface area contributed by atoms with Gasteiger partial charge in [0.1, 0.15) is 0 Å². The molecule has 5 nitrogen and oxygen atoms in total. The van der Waals surface area contributed by atoms with Gasteiger partial charge in [0.05, 0.1) is 11.5 Å². The molecule has 1 saturated heterocycles. The Balaban J connectivity index is 2.77. The van der Waals surface area contributed by atoms with Crippen molar-refractivity contribution in [2.24, 2.45) is 17.1 Å². The first-order chi connectivity index (χ1) is 9.32. The minimum Gasteiger partial charge on any atom is -0.481 e. The maximum atomic E-state index is 12.4. The number of carboxylic acid groups (broad SMARTS) is 1. The van der Waals surface area contributed by atoms with Crippen LogP contribution in [0.4, 0.5) is 0 Å². The number of hydrogen-bond acceptors (Lipinski definition) is 3. The van der Waals surface area contributed by atoms with Gasteiger partial charge in [0.15, 0.2) is 0 Å². The number of hydrogen-bond donors (Lipinski definition) is 2. The minimum absolute atomic E-state index is 0.0971. The monoisotopic (exact) mass is 284 g/mol. The molecular formula is C15H28N2O3. The summed E-state index contributed by atoms with van der Waals surface area (Å²) in [7, 11) is 0. The summed E-state index contributed by atoms with van der Waals surface area (Å²) in [5, 5.41) is 9.53. The van der Waals surface area contributed by atoms with E-state index in [0.717, 1.165) is 12.8 Å². The number of carboxylic acids is 1. The Labute approximate surface area is 121 Å². The summed E-state index contributed by atoms with van der Waals surface area (Å²) in [6.07, 6.45) is 3.47. The lowest BCUT2D eigenvalue weighted by Crippen LogP contribution is -2.54. The smallest absolute Gasteiger partial charge is 0.311 e. The average molecular weight is 284 g/mol. The predicted molar refractivity (Wildman–Crippen MR) is 78.2 cm³/mol. The molecule has 0 aliphatic carbocycles. The van der Waals surface area contributed by atoms with E-state index in [1.54, 1.807) is 4.90 Å². The lowest BCUT2D eigenvalue weighted by Gasteiger charge is -2.40. The number of piperidine rings is 1. The molecule has 1 fully saturated rings. The second kappa shape index (κ2) is 7.07. The summed E-state index contributed by atoms with van der Waals surface area (Å²) in [5.41, 5.74) is 5.17. The first-order valence-electron chi connectivity index (χ1n) is 7.60. The zero-order valence-corrected chi connectivity index (χ0v) is 12.9. The normalized spacial score (nSPS) is 24.8. The number of carbonyl (C=O) groups is 2.